The molecule has 2 rings (SSSR count). The summed E-state index contributed by atoms with van der Waals surface area (Å²) in [6.45, 7) is 5.98. The van der Waals surface area contributed by atoms with E-state index in [0.29, 0.717) is 12.6 Å². The quantitative estimate of drug-likeness (QED) is 0.898. The minimum atomic E-state index is 0.469. The van der Waals surface area contributed by atoms with Gasteiger partial charge in [0.05, 0.1) is 0 Å². The maximum atomic E-state index is 5.88. The molecule has 0 fully saturated rings. The standard InChI is InChI=1S/C15H23N3/c1-11(2)18-10-13(9-17(3)4)15-12(8-16)6-5-7-14(15)18/h5-7,10-11H,8-9,16H2,1-4H3. The van der Waals surface area contributed by atoms with Crippen molar-refractivity contribution < 1.29 is 0 Å². The van der Waals surface area contributed by atoms with E-state index in [1.165, 1.54) is 22.0 Å². The highest BCUT2D eigenvalue weighted by Crippen LogP contribution is 2.28. The molecule has 98 valence electrons. The Morgan fingerprint density at radius 1 is 1.22 bits per heavy atom. The number of nitrogens with zero attached hydrogens (tertiary/aromatic N) is 2. The Labute approximate surface area is 109 Å². The van der Waals surface area contributed by atoms with Crippen LogP contribution >= 0.6 is 0 Å². The average molecular weight is 245 g/mol. The molecule has 1 heterocycles. The van der Waals surface area contributed by atoms with Crippen LogP contribution in [0.1, 0.15) is 31.0 Å². The van der Waals surface area contributed by atoms with Gasteiger partial charge in [0.15, 0.2) is 0 Å². The largest absolute Gasteiger partial charge is 0.345 e. The van der Waals surface area contributed by atoms with Gasteiger partial charge in [0.2, 0.25) is 0 Å². The van der Waals surface area contributed by atoms with E-state index in [4.69, 9.17) is 5.73 Å². The van der Waals surface area contributed by atoms with Crippen LogP contribution in [0, 0.1) is 0 Å². The van der Waals surface area contributed by atoms with Crippen LogP contribution in [0.2, 0.25) is 0 Å². The average Bonchev–Trinajstić information content (AvgIpc) is 2.67. The van der Waals surface area contributed by atoms with Crippen molar-refractivity contribution in [3.05, 3.63) is 35.5 Å². The van der Waals surface area contributed by atoms with Crippen LogP contribution in [0.15, 0.2) is 24.4 Å². The summed E-state index contributed by atoms with van der Waals surface area (Å²) in [6, 6.07) is 6.89. The lowest BCUT2D eigenvalue weighted by atomic mass is 10.1. The van der Waals surface area contributed by atoms with Crippen molar-refractivity contribution in [2.45, 2.75) is 33.0 Å². The highest BCUT2D eigenvalue weighted by atomic mass is 15.1. The van der Waals surface area contributed by atoms with Crippen molar-refractivity contribution in [2.75, 3.05) is 14.1 Å². The SMILES string of the molecule is CC(C)n1cc(CN(C)C)c2c(CN)cccc21. The predicted molar refractivity (Wildman–Crippen MR) is 77.6 cm³/mol. The van der Waals surface area contributed by atoms with E-state index in [0.717, 1.165) is 6.54 Å². The maximum Gasteiger partial charge on any atom is 0.0489 e. The molecule has 0 bridgehead atoms. The Morgan fingerprint density at radius 3 is 2.50 bits per heavy atom. The highest BCUT2D eigenvalue weighted by Gasteiger charge is 2.13. The van der Waals surface area contributed by atoms with Gasteiger partial charge in [0, 0.05) is 36.2 Å². The maximum absolute atomic E-state index is 5.88. The molecule has 0 saturated heterocycles. The summed E-state index contributed by atoms with van der Waals surface area (Å²) in [4.78, 5) is 2.20. The molecule has 0 radical (unpaired) electrons. The molecule has 18 heavy (non-hydrogen) atoms. The summed E-state index contributed by atoms with van der Waals surface area (Å²) in [7, 11) is 4.20. The lowest BCUT2D eigenvalue weighted by molar-refractivity contribution is 0.403. The van der Waals surface area contributed by atoms with Crippen molar-refractivity contribution in [2.24, 2.45) is 5.73 Å². The van der Waals surface area contributed by atoms with Crippen molar-refractivity contribution in [3.8, 4) is 0 Å². The summed E-state index contributed by atoms with van der Waals surface area (Å²) < 4.78 is 2.34. The predicted octanol–water partition coefficient (Wildman–Crippen LogP) is 2.74. The molecule has 0 spiro atoms. The van der Waals surface area contributed by atoms with Crippen molar-refractivity contribution >= 4 is 10.9 Å². The van der Waals surface area contributed by atoms with Gasteiger partial charge in [-0.3, -0.25) is 0 Å². The third-order valence-electron chi connectivity index (χ3n) is 3.29. The van der Waals surface area contributed by atoms with Crippen LogP contribution in [-0.4, -0.2) is 23.6 Å². The van der Waals surface area contributed by atoms with Crippen molar-refractivity contribution in [3.63, 3.8) is 0 Å². The van der Waals surface area contributed by atoms with Gasteiger partial charge in [-0.25, -0.2) is 0 Å². The second-order valence-corrected chi connectivity index (χ2v) is 5.41. The van der Waals surface area contributed by atoms with E-state index in [-0.39, 0.29) is 0 Å². The number of aromatic nitrogens is 1. The fourth-order valence-corrected chi connectivity index (χ4v) is 2.53. The topological polar surface area (TPSA) is 34.2 Å². The van der Waals surface area contributed by atoms with E-state index in [1.54, 1.807) is 0 Å². The molecule has 1 aromatic heterocycles. The van der Waals surface area contributed by atoms with Gasteiger partial charge in [-0.1, -0.05) is 12.1 Å². The summed E-state index contributed by atoms with van der Waals surface area (Å²) in [5, 5.41) is 1.34. The Hall–Kier alpha value is -1.32. The van der Waals surface area contributed by atoms with Crippen LogP contribution in [0.3, 0.4) is 0 Å². The number of hydrogen-bond donors (Lipinski definition) is 1. The second-order valence-electron chi connectivity index (χ2n) is 5.41. The minimum Gasteiger partial charge on any atom is -0.345 e. The van der Waals surface area contributed by atoms with Crippen LogP contribution in [0.5, 0.6) is 0 Å². The van der Waals surface area contributed by atoms with Crippen LogP contribution in [0.25, 0.3) is 10.9 Å². The van der Waals surface area contributed by atoms with Crippen molar-refractivity contribution in [1.29, 1.82) is 0 Å². The van der Waals surface area contributed by atoms with Gasteiger partial charge >= 0.3 is 0 Å². The Morgan fingerprint density at radius 2 is 1.94 bits per heavy atom. The first-order chi connectivity index (χ1) is 8.54. The smallest absolute Gasteiger partial charge is 0.0489 e. The van der Waals surface area contributed by atoms with E-state index < -0.39 is 0 Å². The summed E-state index contributed by atoms with van der Waals surface area (Å²) in [5.74, 6) is 0. The molecule has 0 aliphatic carbocycles. The van der Waals surface area contributed by atoms with Crippen LogP contribution in [-0.2, 0) is 13.1 Å². The van der Waals surface area contributed by atoms with E-state index in [1.807, 2.05) is 0 Å². The molecule has 3 nitrogen and oxygen atoms in total. The first-order valence-electron chi connectivity index (χ1n) is 6.50. The molecule has 0 atom stereocenters. The van der Waals surface area contributed by atoms with Gasteiger partial charge in [0.25, 0.3) is 0 Å². The number of fused-ring (bicyclic) bond motifs is 1. The zero-order valence-electron chi connectivity index (χ0n) is 11.8. The summed E-state index contributed by atoms with van der Waals surface area (Å²) in [6.07, 6.45) is 2.27. The molecular formula is C15H23N3. The fraction of sp³-hybridized carbons (Fsp3) is 0.467. The lowest BCUT2D eigenvalue weighted by Gasteiger charge is -2.09. The van der Waals surface area contributed by atoms with Crippen LogP contribution < -0.4 is 5.73 Å². The number of benzene rings is 1. The molecule has 1 aromatic carbocycles. The van der Waals surface area contributed by atoms with Gasteiger partial charge in [-0.2, -0.15) is 0 Å². The molecule has 0 aliphatic rings. The van der Waals surface area contributed by atoms with Gasteiger partial charge in [-0.15, -0.1) is 0 Å². The summed E-state index contributed by atoms with van der Waals surface area (Å²) in [5.41, 5.74) is 9.78. The Balaban J connectivity index is 2.68. The number of rotatable bonds is 4. The molecule has 0 amide bonds. The molecule has 3 heteroatoms. The zero-order valence-corrected chi connectivity index (χ0v) is 11.8. The number of hydrogen-bond acceptors (Lipinski definition) is 2. The third kappa shape index (κ3) is 2.28. The van der Waals surface area contributed by atoms with Crippen LogP contribution in [0.4, 0.5) is 0 Å². The zero-order chi connectivity index (χ0) is 13.3. The summed E-state index contributed by atoms with van der Waals surface area (Å²) >= 11 is 0. The monoisotopic (exact) mass is 245 g/mol. The second kappa shape index (κ2) is 5.12. The van der Waals surface area contributed by atoms with E-state index in [2.05, 4.69) is 61.8 Å². The normalized spacial score (nSPS) is 11.9. The van der Waals surface area contributed by atoms with E-state index in [9.17, 15) is 0 Å². The van der Waals surface area contributed by atoms with Gasteiger partial charge in [-0.05, 0) is 45.1 Å². The molecule has 0 unspecified atom stereocenters. The minimum absolute atomic E-state index is 0.469. The number of nitrogens with two attached hydrogens (primary N) is 1. The lowest BCUT2D eigenvalue weighted by Crippen LogP contribution is -2.10. The molecule has 0 aliphatic heterocycles. The Bertz CT molecular complexity index is 538. The van der Waals surface area contributed by atoms with Gasteiger partial charge in [0.1, 0.15) is 0 Å². The van der Waals surface area contributed by atoms with Crippen molar-refractivity contribution in [1.82, 2.24) is 9.47 Å². The molecule has 2 aromatic rings. The molecular weight excluding hydrogens is 222 g/mol. The third-order valence-corrected chi connectivity index (χ3v) is 3.29. The fourth-order valence-electron chi connectivity index (χ4n) is 2.53. The van der Waals surface area contributed by atoms with E-state index >= 15 is 0 Å². The highest BCUT2D eigenvalue weighted by molar-refractivity contribution is 5.87. The first-order valence-corrected chi connectivity index (χ1v) is 6.50. The van der Waals surface area contributed by atoms with Gasteiger partial charge < -0.3 is 15.2 Å². The first kappa shape index (κ1) is 13.1. The molecule has 0 saturated carbocycles. The molecule has 2 N–H and O–H groups in total. The Kier molecular flexibility index (Phi) is 3.73.